The second-order valence-corrected chi connectivity index (χ2v) is 6.56. The normalized spacial score (nSPS) is 10.8. The van der Waals surface area contributed by atoms with Gasteiger partial charge in [-0.25, -0.2) is 15.0 Å². The Kier molecular flexibility index (Phi) is 4.15. The van der Waals surface area contributed by atoms with Crippen LogP contribution in [0.4, 0.5) is 0 Å². The smallest absolute Gasteiger partial charge is 0.188 e. The van der Waals surface area contributed by atoms with Crippen molar-refractivity contribution < 1.29 is 0 Å². The van der Waals surface area contributed by atoms with E-state index in [1.165, 1.54) is 9.75 Å². The number of hydrogen-bond acceptors (Lipinski definition) is 6. The van der Waals surface area contributed by atoms with Gasteiger partial charge >= 0.3 is 0 Å². The first-order chi connectivity index (χ1) is 9.81. The summed E-state index contributed by atoms with van der Waals surface area (Å²) < 4.78 is 0. The fourth-order valence-electron chi connectivity index (χ4n) is 1.79. The van der Waals surface area contributed by atoms with Crippen LogP contribution in [0.5, 0.6) is 0 Å². The molecule has 6 heteroatoms. The molecule has 3 aromatic rings. The molecule has 3 heterocycles. The SMILES string of the molecule is Cc1ccc(CNCc2csc(-c3ncccn3)n2)s1. The quantitative estimate of drug-likeness (QED) is 0.786. The predicted octanol–water partition coefficient (Wildman–Crippen LogP) is 3.26. The third kappa shape index (κ3) is 3.27. The fraction of sp³-hybridized carbons (Fsp3) is 0.214. The first kappa shape index (κ1) is 13.4. The highest BCUT2D eigenvalue weighted by Crippen LogP contribution is 2.19. The minimum Gasteiger partial charge on any atom is -0.306 e. The molecule has 20 heavy (non-hydrogen) atoms. The molecule has 102 valence electrons. The van der Waals surface area contributed by atoms with Gasteiger partial charge in [-0.2, -0.15) is 0 Å². The summed E-state index contributed by atoms with van der Waals surface area (Å²) in [5, 5.41) is 6.33. The van der Waals surface area contributed by atoms with E-state index in [2.05, 4.69) is 44.7 Å². The van der Waals surface area contributed by atoms with Gasteiger partial charge in [0.2, 0.25) is 0 Å². The molecule has 0 bridgehead atoms. The molecule has 0 fully saturated rings. The van der Waals surface area contributed by atoms with Crippen molar-refractivity contribution >= 4 is 22.7 Å². The van der Waals surface area contributed by atoms with Crippen LogP contribution in [-0.4, -0.2) is 15.0 Å². The molecule has 0 spiro atoms. The zero-order valence-corrected chi connectivity index (χ0v) is 12.7. The van der Waals surface area contributed by atoms with E-state index in [9.17, 15) is 0 Å². The number of rotatable bonds is 5. The Morgan fingerprint density at radius 1 is 1.15 bits per heavy atom. The lowest BCUT2D eigenvalue weighted by Gasteiger charge is -1.99. The molecule has 0 aromatic carbocycles. The average molecular weight is 302 g/mol. The van der Waals surface area contributed by atoms with Gasteiger partial charge in [0.25, 0.3) is 0 Å². The zero-order chi connectivity index (χ0) is 13.8. The molecule has 0 aliphatic carbocycles. The largest absolute Gasteiger partial charge is 0.306 e. The molecule has 0 amide bonds. The third-order valence-electron chi connectivity index (χ3n) is 2.71. The summed E-state index contributed by atoms with van der Waals surface area (Å²) in [4.78, 5) is 15.7. The molecule has 0 unspecified atom stereocenters. The lowest BCUT2D eigenvalue weighted by atomic mass is 10.4. The summed E-state index contributed by atoms with van der Waals surface area (Å²) in [5.74, 6) is 0.692. The Labute approximate surface area is 125 Å². The van der Waals surface area contributed by atoms with Gasteiger partial charge in [0.05, 0.1) is 5.69 Å². The van der Waals surface area contributed by atoms with Gasteiger partial charge in [-0.05, 0) is 25.1 Å². The van der Waals surface area contributed by atoms with Gasteiger partial charge in [0.15, 0.2) is 10.8 Å². The third-order valence-corrected chi connectivity index (χ3v) is 4.60. The highest BCUT2D eigenvalue weighted by Gasteiger charge is 2.06. The van der Waals surface area contributed by atoms with E-state index in [4.69, 9.17) is 0 Å². The van der Waals surface area contributed by atoms with Crippen LogP contribution in [0.15, 0.2) is 36.0 Å². The summed E-state index contributed by atoms with van der Waals surface area (Å²) >= 11 is 3.40. The zero-order valence-electron chi connectivity index (χ0n) is 11.0. The number of aryl methyl sites for hydroxylation is 1. The number of nitrogens with zero attached hydrogens (tertiary/aromatic N) is 3. The lowest BCUT2D eigenvalue weighted by molar-refractivity contribution is 0.690. The monoisotopic (exact) mass is 302 g/mol. The molecule has 0 aliphatic heterocycles. The topological polar surface area (TPSA) is 50.7 Å². The lowest BCUT2D eigenvalue weighted by Crippen LogP contribution is -2.11. The molecule has 4 nitrogen and oxygen atoms in total. The van der Waals surface area contributed by atoms with E-state index in [-0.39, 0.29) is 0 Å². The number of thiazole rings is 1. The minimum atomic E-state index is 0.692. The molecule has 0 aliphatic rings. The summed E-state index contributed by atoms with van der Waals surface area (Å²) in [5.41, 5.74) is 1.03. The first-order valence-electron chi connectivity index (χ1n) is 6.29. The van der Waals surface area contributed by atoms with E-state index in [1.807, 2.05) is 17.4 Å². The van der Waals surface area contributed by atoms with Crippen LogP contribution in [0, 0.1) is 6.92 Å². The summed E-state index contributed by atoms with van der Waals surface area (Å²) in [7, 11) is 0. The van der Waals surface area contributed by atoms with Crippen molar-refractivity contribution in [2.24, 2.45) is 0 Å². The van der Waals surface area contributed by atoms with Gasteiger partial charge in [-0.3, -0.25) is 0 Å². The standard InChI is InChI=1S/C14H14N4S2/c1-10-3-4-12(20-10)8-15-7-11-9-19-14(18-11)13-16-5-2-6-17-13/h2-6,9,15H,7-8H2,1H3. The van der Waals surface area contributed by atoms with Crippen molar-refractivity contribution in [3.63, 3.8) is 0 Å². The van der Waals surface area contributed by atoms with Crippen molar-refractivity contribution in [3.8, 4) is 10.8 Å². The van der Waals surface area contributed by atoms with Crippen molar-refractivity contribution in [2.75, 3.05) is 0 Å². The number of nitrogens with one attached hydrogen (secondary N) is 1. The van der Waals surface area contributed by atoms with Crippen LogP contribution < -0.4 is 5.32 Å². The van der Waals surface area contributed by atoms with Gasteiger partial charge in [0.1, 0.15) is 0 Å². The molecule has 0 saturated carbocycles. The Balaban J connectivity index is 1.58. The maximum atomic E-state index is 4.55. The van der Waals surface area contributed by atoms with Crippen molar-refractivity contribution in [3.05, 3.63) is 51.4 Å². The van der Waals surface area contributed by atoms with Crippen LogP contribution in [0.2, 0.25) is 0 Å². The molecule has 0 radical (unpaired) electrons. The second-order valence-electron chi connectivity index (χ2n) is 4.33. The fourth-order valence-corrected chi connectivity index (χ4v) is 3.42. The van der Waals surface area contributed by atoms with Crippen LogP contribution >= 0.6 is 22.7 Å². The molecular formula is C14H14N4S2. The minimum absolute atomic E-state index is 0.692. The van der Waals surface area contributed by atoms with E-state index < -0.39 is 0 Å². The highest BCUT2D eigenvalue weighted by atomic mass is 32.1. The molecule has 0 saturated heterocycles. The first-order valence-corrected chi connectivity index (χ1v) is 7.99. The maximum absolute atomic E-state index is 4.55. The van der Waals surface area contributed by atoms with Crippen LogP contribution in [0.3, 0.4) is 0 Å². The van der Waals surface area contributed by atoms with Crippen molar-refractivity contribution in [1.82, 2.24) is 20.3 Å². The average Bonchev–Trinajstić information content (AvgIpc) is 3.09. The Morgan fingerprint density at radius 2 is 2.00 bits per heavy atom. The van der Waals surface area contributed by atoms with E-state index >= 15 is 0 Å². The molecule has 3 aromatic heterocycles. The van der Waals surface area contributed by atoms with Crippen LogP contribution in [0.1, 0.15) is 15.4 Å². The summed E-state index contributed by atoms with van der Waals surface area (Å²) in [6.45, 7) is 3.77. The second kappa shape index (κ2) is 6.21. The van der Waals surface area contributed by atoms with E-state index in [0.29, 0.717) is 5.82 Å². The van der Waals surface area contributed by atoms with E-state index in [1.54, 1.807) is 23.7 Å². The Hall–Kier alpha value is -1.63. The van der Waals surface area contributed by atoms with Crippen molar-refractivity contribution in [1.29, 1.82) is 0 Å². The number of hydrogen-bond donors (Lipinski definition) is 1. The molecule has 0 atom stereocenters. The molecule has 3 rings (SSSR count). The Morgan fingerprint density at radius 3 is 2.75 bits per heavy atom. The van der Waals surface area contributed by atoms with Gasteiger partial charge in [-0.15, -0.1) is 22.7 Å². The number of aromatic nitrogens is 3. The molecule has 1 N–H and O–H groups in total. The van der Waals surface area contributed by atoms with Crippen LogP contribution in [-0.2, 0) is 13.1 Å². The Bertz CT molecular complexity index is 675. The maximum Gasteiger partial charge on any atom is 0.188 e. The predicted molar refractivity (Wildman–Crippen MR) is 82.7 cm³/mol. The number of thiophene rings is 1. The molecular weight excluding hydrogens is 288 g/mol. The summed E-state index contributed by atoms with van der Waals surface area (Å²) in [6, 6.07) is 6.12. The summed E-state index contributed by atoms with van der Waals surface area (Å²) in [6.07, 6.45) is 3.47. The van der Waals surface area contributed by atoms with Crippen molar-refractivity contribution in [2.45, 2.75) is 20.0 Å². The highest BCUT2D eigenvalue weighted by molar-refractivity contribution is 7.13. The van der Waals surface area contributed by atoms with E-state index in [0.717, 1.165) is 23.8 Å². The van der Waals surface area contributed by atoms with Gasteiger partial charge < -0.3 is 5.32 Å². The van der Waals surface area contributed by atoms with Gasteiger partial charge in [0, 0.05) is 40.6 Å². The van der Waals surface area contributed by atoms with Gasteiger partial charge in [-0.1, -0.05) is 0 Å². The van der Waals surface area contributed by atoms with Crippen LogP contribution in [0.25, 0.3) is 10.8 Å².